The molecule has 0 aliphatic rings. The van der Waals surface area contributed by atoms with Gasteiger partial charge in [-0.05, 0) is 27.2 Å². The fourth-order valence-corrected chi connectivity index (χ4v) is 0.843. The lowest BCUT2D eigenvalue weighted by Gasteiger charge is -2.24. The molecule has 0 saturated carbocycles. The van der Waals surface area contributed by atoms with Crippen LogP contribution in [0.15, 0.2) is 0 Å². The maximum atomic E-state index is 11.3. The third-order valence-electron chi connectivity index (χ3n) is 1.39. The van der Waals surface area contributed by atoms with E-state index in [1.54, 1.807) is 13.8 Å². The molecule has 1 N–H and O–H groups in total. The molecule has 0 aromatic carbocycles. The van der Waals surface area contributed by atoms with Crippen molar-refractivity contribution in [2.45, 2.75) is 46.0 Å². The second kappa shape index (κ2) is 5.19. The lowest BCUT2D eigenvalue weighted by atomic mass is 10.1. The number of hydrogen-bond donors (Lipinski definition) is 1. The van der Waals surface area contributed by atoms with Crippen molar-refractivity contribution in [1.82, 2.24) is 0 Å². The minimum atomic E-state index is -1.08. The molecule has 0 radical (unpaired) electrons. The Labute approximate surface area is 78.8 Å². The Morgan fingerprint density at radius 2 is 2.08 bits per heavy atom. The van der Waals surface area contributed by atoms with Gasteiger partial charge in [0.2, 0.25) is 0 Å². The van der Waals surface area contributed by atoms with Crippen LogP contribution in [0.5, 0.6) is 0 Å². The highest BCUT2D eigenvalue weighted by Crippen LogP contribution is 2.13. The maximum Gasteiger partial charge on any atom is 0.337 e. The third kappa shape index (κ3) is 4.85. The van der Waals surface area contributed by atoms with Gasteiger partial charge in [0.25, 0.3) is 0 Å². The van der Waals surface area contributed by atoms with E-state index in [2.05, 4.69) is 0 Å². The lowest BCUT2D eigenvalue weighted by molar-refractivity contribution is -0.197. The summed E-state index contributed by atoms with van der Waals surface area (Å²) in [5.41, 5.74) is -1.08. The van der Waals surface area contributed by atoms with E-state index in [0.717, 1.165) is 6.42 Å². The molecule has 1 unspecified atom stereocenters. The van der Waals surface area contributed by atoms with E-state index in [1.165, 1.54) is 6.92 Å². The highest BCUT2D eigenvalue weighted by molar-refractivity contribution is 5.78. The van der Waals surface area contributed by atoms with Crippen molar-refractivity contribution in [2.75, 3.05) is 6.61 Å². The number of carbonyl (C=O) groups excluding carboxylic acids is 1. The summed E-state index contributed by atoms with van der Waals surface area (Å²) in [4.78, 5) is 11.3. The first-order valence-electron chi connectivity index (χ1n) is 4.43. The third-order valence-corrected chi connectivity index (χ3v) is 1.39. The Balaban J connectivity index is 4.03. The van der Waals surface area contributed by atoms with E-state index >= 15 is 0 Å². The molecule has 0 rings (SSSR count). The molecular formula is C9H18O4. The topological polar surface area (TPSA) is 55.8 Å². The Hall–Kier alpha value is -0.610. The van der Waals surface area contributed by atoms with Gasteiger partial charge in [-0.15, -0.1) is 0 Å². The number of carbonyl (C=O) groups is 1. The summed E-state index contributed by atoms with van der Waals surface area (Å²) in [6.07, 6.45) is -0.194. The van der Waals surface area contributed by atoms with Crippen LogP contribution < -0.4 is 0 Å². The number of aliphatic hydroxyl groups is 1. The number of esters is 1. The van der Waals surface area contributed by atoms with Crippen LogP contribution in [-0.4, -0.2) is 29.6 Å². The summed E-state index contributed by atoms with van der Waals surface area (Å²) in [6, 6.07) is 0. The first-order valence-corrected chi connectivity index (χ1v) is 4.43. The van der Waals surface area contributed by atoms with Crippen LogP contribution in [-0.2, 0) is 14.3 Å². The molecule has 1 atom stereocenters. The summed E-state index contributed by atoms with van der Waals surface area (Å²) in [6.45, 7) is 6.88. The van der Waals surface area contributed by atoms with E-state index in [1.807, 2.05) is 6.92 Å². The molecular weight excluding hydrogens is 172 g/mol. The molecule has 0 aromatic rings. The van der Waals surface area contributed by atoms with Crippen LogP contribution in [0.1, 0.15) is 34.1 Å². The Kier molecular flexibility index (Phi) is 4.95. The summed E-state index contributed by atoms with van der Waals surface area (Å²) < 4.78 is 9.86. The second-order valence-electron chi connectivity index (χ2n) is 3.36. The minimum Gasteiger partial charge on any atom is -0.464 e. The average Bonchev–Trinajstić information content (AvgIpc) is 1.97. The van der Waals surface area contributed by atoms with Crippen LogP contribution in [0.2, 0.25) is 0 Å². The van der Waals surface area contributed by atoms with Crippen molar-refractivity contribution in [2.24, 2.45) is 0 Å². The van der Waals surface area contributed by atoms with Gasteiger partial charge in [0.05, 0.1) is 6.61 Å². The monoisotopic (exact) mass is 190 g/mol. The molecule has 0 aromatic heterocycles. The van der Waals surface area contributed by atoms with Gasteiger partial charge in [0.15, 0.2) is 11.9 Å². The summed E-state index contributed by atoms with van der Waals surface area (Å²) in [5, 5.41) is 8.93. The highest BCUT2D eigenvalue weighted by atomic mass is 16.6. The molecule has 0 bridgehead atoms. The second-order valence-corrected chi connectivity index (χ2v) is 3.36. The molecule has 0 saturated heterocycles. The quantitative estimate of drug-likeness (QED) is 0.520. The summed E-state index contributed by atoms with van der Waals surface area (Å²) >= 11 is 0. The van der Waals surface area contributed by atoms with Crippen LogP contribution >= 0.6 is 0 Å². The SMILES string of the molecule is CCCOC(=O)C(C)(C)OC(C)O. The van der Waals surface area contributed by atoms with Gasteiger partial charge < -0.3 is 14.6 Å². The Morgan fingerprint density at radius 3 is 2.46 bits per heavy atom. The van der Waals surface area contributed by atoms with Crippen LogP contribution in [0.25, 0.3) is 0 Å². The van der Waals surface area contributed by atoms with Crippen molar-refractivity contribution in [3.05, 3.63) is 0 Å². The van der Waals surface area contributed by atoms with Crippen molar-refractivity contribution < 1.29 is 19.4 Å². The van der Waals surface area contributed by atoms with Gasteiger partial charge in [-0.3, -0.25) is 0 Å². The molecule has 4 heteroatoms. The zero-order valence-electron chi connectivity index (χ0n) is 8.66. The summed E-state index contributed by atoms with van der Waals surface area (Å²) in [7, 11) is 0. The molecule has 0 amide bonds. The maximum absolute atomic E-state index is 11.3. The van der Waals surface area contributed by atoms with Gasteiger partial charge >= 0.3 is 5.97 Å². The molecule has 0 aliphatic heterocycles. The fraction of sp³-hybridized carbons (Fsp3) is 0.889. The average molecular weight is 190 g/mol. The first-order chi connectivity index (χ1) is 5.90. The van der Waals surface area contributed by atoms with Gasteiger partial charge in [0, 0.05) is 0 Å². The van der Waals surface area contributed by atoms with Gasteiger partial charge in [-0.2, -0.15) is 0 Å². The van der Waals surface area contributed by atoms with E-state index in [4.69, 9.17) is 14.6 Å². The number of ether oxygens (including phenoxy) is 2. The molecule has 0 fully saturated rings. The zero-order valence-corrected chi connectivity index (χ0v) is 8.66. The fourth-order valence-electron chi connectivity index (χ4n) is 0.843. The standard InChI is InChI=1S/C9H18O4/c1-5-6-12-8(11)9(3,4)13-7(2)10/h7,10H,5-6H2,1-4H3. The highest BCUT2D eigenvalue weighted by Gasteiger charge is 2.31. The van der Waals surface area contributed by atoms with E-state index in [9.17, 15) is 4.79 Å². The Bertz CT molecular complexity index is 163. The van der Waals surface area contributed by atoms with Gasteiger partial charge in [-0.1, -0.05) is 6.92 Å². The summed E-state index contributed by atoms with van der Waals surface area (Å²) in [5.74, 6) is -0.449. The largest absolute Gasteiger partial charge is 0.464 e. The number of rotatable bonds is 5. The first kappa shape index (κ1) is 12.4. The molecule has 4 nitrogen and oxygen atoms in total. The van der Waals surface area contributed by atoms with Crippen molar-refractivity contribution in [3.63, 3.8) is 0 Å². The van der Waals surface area contributed by atoms with Crippen LogP contribution in [0, 0.1) is 0 Å². The zero-order chi connectivity index (χ0) is 10.5. The van der Waals surface area contributed by atoms with Gasteiger partial charge in [0.1, 0.15) is 0 Å². The lowest BCUT2D eigenvalue weighted by Crippen LogP contribution is -2.39. The smallest absolute Gasteiger partial charge is 0.337 e. The molecule has 78 valence electrons. The number of hydrogen-bond acceptors (Lipinski definition) is 4. The molecule has 13 heavy (non-hydrogen) atoms. The van der Waals surface area contributed by atoms with Crippen molar-refractivity contribution >= 4 is 5.97 Å². The van der Waals surface area contributed by atoms with Gasteiger partial charge in [-0.25, -0.2) is 4.79 Å². The van der Waals surface area contributed by atoms with Crippen LogP contribution in [0.3, 0.4) is 0 Å². The molecule has 0 aliphatic carbocycles. The predicted octanol–water partition coefficient (Wildman–Crippen LogP) is 1.07. The minimum absolute atomic E-state index is 0.380. The molecule has 0 heterocycles. The Morgan fingerprint density at radius 1 is 1.54 bits per heavy atom. The van der Waals surface area contributed by atoms with E-state index < -0.39 is 17.9 Å². The molecule has 0 spiro atoms. The normalized spacial score (nSPS) is 13.9. The van der Waals surface area contributed by atoms with Crippen LogP contribution in [0.4, 0.5) is 0 Å². The van der Waals surface area contributed by atoms with E-state index in [0.29, 0.717) is 6.61 Å². The van der Waals surface area contributed by atoms with Crippen molar-refractivity contribution in [3.8, 4) is 0 Å². The number of aliphatic hydroxyl groups excluding tert-OH is 1. The predicted molar refractivity (Wildman–Crippen MR) is 48.1 cm³/mol. The van der Waals surface area contributed by atoms with E-state index in [-0.39, 0.29) is 0 Å². The van der Waals surface area contributed by atoms with Crippen molar-refractivity contribution in [1.29, 1.82) is 0 Å².